The van der Waals surface area contributed by atoms with Gasteiger partial charge < -0.3 is 4.52 Å². The Morgan fingerprint density at radius 3 is 2.00 bits per heavy atom. The van der Waals surface area contributed by atoms with Crippen LogP contribution in [0.15, 0.2) is 9.53 Å². The van der Waals surface area contributed by atoms with E-state index in [2.05, 4.69) is 44.3 Å². The van der Waals surface area contributed by atoms with Gasteiger partial charge in [0.05, 0.1) is 10.3 Å². The molecule has 6 heteroatoms. The van der Waals surface area contributed by atoms with E-state index in [0.29, 0.717) is 0 Å². The summed E-state index contributed by atoms with van der Waals surface area (Å²) >= 11 is 8.61. The fourth-order valence-electron chi connectivity index (χ4n) is 0.174. The lowest BCUT2D eigenvalue weighted by atomic mass is 11.8. The van der Waals surface area contributed by atoms with E-state index in [-0.39, 0.29) is 0 Å². The van der Waals surface area contributed by atoms with Crippen LogP contribution in [0.2, 0.25) is 0 Å². The van der Waals surface area contributed by atoms with Gasteiger partial charge in [0.15, 0.2) is 0 Å². The van der Waals surface area contributed by atoms with E-state index in [9.17, 15) is 0 Å². The van der Waals surface area contributed by atoms with Crippen molar-refractivity contribution in [3.8, 4) is 0 Å². The van der Waals surface area contributed by atoms with Gasteiger partial charge in [-0.3, -0.25) is 0 Å². The van der Waals surface area contributed by atoms with E-state index in [4.69, 9.17) is 4.52 Å². The molecule has 0 aromatic rings. The van der Waals surface area contributed by atoms with Crippen molar-refractivity contribution in [2.45, 2.75) is 0 Å². The third-order valence-electron chi connectivity index (χ3n) is 0.416. The van der Waals surface area contributed by atoms with Gasteiger partial charge in [-0.1, -0.05) is 0 Å². The first-order valence-corrected chi connectivity index (χ1v) is 3.83. The van der Waals surface area contributed by atoms with Crippen molar-refractivity contribution in [2.75, 3.05) is 7.11 Å². The smallest absolute Gasteiger partial charge is 0.307 e. The minimum Gasteiger partial charge on any atom is -0.323 e. The number of thiocarbonyl (C=S) groups is 2. The second kappa shape index (κ2) is 6.12. The van der Waals surface area contributed by atoms with Crippen LogP contribution in [0, 0.1) is 0 Å². The first-order chi connectivity index (χ1) is 4.35. The molecule has 0 saturated carbocycles. The molecule has 48 valence electrons. The minimum absolute atomic E-state index is 1.24. The quantitative estimate of drug-likeness (QED) is 0.377. The first kappa shape index (κ1) is 8.99. The van der Waals surface area contributed by atoms with Crippen molar-refractivity contribution < 1.29 is 4.52 Å². The zero-order valence-corrected chi connectivity index (χ0v) is 7.09. The Hall–Kier alpha value is -0.0100. The third kappa shape index (κ3) is 4.49. The summed E-state index contributed by atoms with van der Waals surface area (Å²) in [5.41, 5.74) is 0. The Morgan fingerprint density at radius 2 is 1.78 bits per heavy atom. The van der Waals surface area contributed by atoms with E-state index in [1.54, 1.807) is 0 Å². The second-order valence-corrected chi connectivity index (χ2v) is 2.45. The molecule has 0 atom stereocenters. The van der Waals surface area contributed by atoms with Gasteiger partial charge in [-0.25, -0.2) is 0 Å². The summed E-state index contributed by atoms with van der Waals surface area (Å²) in [6.07, 6.45) is 0. The van der Waals surface area contributed by atoms with Gasteiger partial charge in [0.1, 0.15) is 0 Å². The maximum atomic E-state index is 4.70. The highest BCUT2D eigenvalue weighted by Crippen LogP contribution is 2.37. The number of rotatable bonds is 3. The molecule has 0 aliphatic carbocycles. The Morgan fingerprint density at radius 1 is 1.33 bits per heavy atom. The molecule has 0 heterocycles. The molecule has 9 heavy (non-hydrogen) atoms. The van der Waals surface area contributed by atoms with Crippen LogP contribution in [0.3, 0.4) is 0 Å². The standard InChI is InChI=1S/C3H3N2OPS2/c1-6-7(4-2-8)5-3-9/h1H3. The van der Waals surface area contributed by atoms with E-state index >= 15 is 0 Å². The molecule has 0 saturated heterocycles. The molecule has 0 aromatic carbocycles. The van der Waals surface area contributed by atoms with Crippen molar-refractivity contribution in [3.63, 3.8) is 0 Å². The fraction of sp³-hybridized carbons (Fsp3) is 0.333. The van der Waals surface area contributed by atoms with Gasteiger partial charge >= 0.3 is 8.45 Å². The summed E-state index contributed by atoms with van der Waals surface area (Å²) in [4.78, 5) is 0. The molecule has 0 bridgehead atoms. The Kier molecular flexibility index (Phi) is 6.11. The Balaban J connectivity index is 3.97. The summed E-state index contributed by atoms with van der Waals surface area (Å²) in [5, 5.41) is 4.27. The van der Waals surface area contributed by atoms with E-state index < -0.39 is 8.45 Å². The zero-order chi connectivity index (χ0) is 7.11. The predicted molar refractivity (Wildman–Crippen MR) is 44.0 cm³/mol. The number of hydrogen-bond acceptors (Lipinski definition) is 5. The third-order valence-corrected chi connectivity index (χ3v) is 1.74. The molecule has 0 amide bonds. The molecule has 0 aromatic heterocycles. The van der Waals surface area contributed by atoms with Crippen LogP contribution >= 0.6 is 32.9 Å². The molecule has 0 spiro atoms. The van der Waals surface area contributed by atoms with Crippen molar-refractivity contribution in [3.05, 3.63) is 0 Å². The lowest BCUT2D eigenvalue weighted by Gasteiger charge is -1.93. The number of nitrogens with zero attached hydrogens (tertiary/aromatic N) is 2. The molecule has 0 fully saturated rings. The average Bonchev–Trinajstić information content (AvgIpc) is 1.88. The van der Waals surface area contributed by atoms with Crippen LogP contribution in [0.1, 0.15) is 0 Å². The Bertz CT molecular complexity index is 155. The number of hydrogen-bond donors (Lipinski definition) is 0. The predicted octanol–water partition coefficient (Wildman–Crippen LogP) is 2.07. The summed E-state index contributed by atoms with van der Waals surface area (Å²) in [5.74, 6) is 0. The van der Waals surface area contributed by atoms with Crippen LogP contribution < -0.4 is 0 Å². The molecule has 3 nitrogen and oxygen atoms in total. The van der Waals surface area contributed by atoms with Gasteiger partial charge in [0.2, 0.25) is 0 Å². The monoisotopic (exact) mass is 178 g/mol. The second-order valence-electron chi connectivity index (χ2n) is 0.818. The molecule has 0 N–H and O–H groups in total. The zero-order valence-electron chi connectivity index (χ0n) is 4.57. The van der Waals surface area contributed by atoms with E-state index in [1.807, 2.05) is 0 Å². The van der Waals surface area contributed by atoms with Crippen LogP contribution in [0.4, 0.5) is 0 Å². The molecular formula is C3H3N2OPS2. The normalized spacial score (nSPS) is 10.8. The summed E-state index contributed by atoms with van der Waals surface area (Å²) in [6, 6.07) is 0. The lowest BCUT2D eigenvalue weighted by molar-refractivity contribution is 0.463. The highest BCUT2D eigenvalue weighted by atomic mass is 32.1. The molecule has 0 rings (SSSR count). The molecule has 0 aliphatic rings. The fourth-order valence-corrected chi connectivity index (χ4v) is 0.941. The van der Waals surface area contributed by atoms with E-state index in [1.165, 1.54) is 7.11 Å². The van der Waals surface area contributed by atoms with Gasteiger partial charge in [-0.2, -0.15) is 9.53 Å². The highest BCUT2D eigenvalue weighted by Gasteiger charge is 1.97. The Labute approximate surface area is 64.8 Å². The highest BCUT2D eigenvalue weighted by molar-refractivity contribution is 7.79. The van der Waals surface area contributed by atoms with Crippen molar-refractivity contribution >= 4 is 43.2 Å². The van der Waals surface area contributed by atoms with Crippen molar-refractivity contribution in [1.82, 2.24) is 0 Å². The summed E-state index contributed by atoms with van der Waals surface area (Å²) in [6.45, 7) is 0. The van der Waals surface area contributed by atoms with Crippen LogP contribution in [0.5, 0.6) is 0 Å². The van der Waals surface area contributed by atoms with Gasteiger partial charge in [-0.05, 0) is 24.4 Å². The van der Waals surface area contributed by atoms with Crippen LogP contribution in [-0.2, 0) is 4.52 Å². The summed E-state index contributed by atoms with van der Waals surface area (Å²) in [7, 11) is 0.231. The molecule has 0 aliphatic heterocycles. The van der Waals surface area contributed by atoms with Gasteiger partial charge in [0, 0.05) is 7.11 Å². The maximum Gasteiger partial charge on any atom is 0.307 e. The van der Waals surface area contributed by atoms with Gasteiger partial charge in [-0.15, -0.1) is 0 Å². The van der Waals surface area contributed by atoms with E-state index in [0.717, 1.165) is 0 Å². The summed E-state index contributed by atoms with van der Waals surface area (Å²) < 4.78 is 11.8. The average molecular weight is 178 g/mol. The van der Waals surface area contributed by atoms with Crippen molar-refractivity contribution in [1.29, 1.82) is 0 Å². The largest absolute Gasteiger partial charge is 0.323 e. The van der Waals surface area contributed by atoms with Gasteiger partial charge in [0.25, 0.3) is 0 Å². The van der Waals surface area contributed by atoms with Crippen LogP contribution in [-0.4, -0.2) is 17.4 Å². The number of isothiocyanates is 2. The minimum atomic E-state index is -1.24. The molecule has 0 radical (unpaired) electrons. The molecular weight excluding hydrogens is 175 g/mol. The maximum absolute atomic E-state index is 4.70. The first-order valence-electron chi connectivity index (χ1n) is 1.85. The SMILES string of the molecule is COP(N=C=S)N=C=S. The topological polar surface area (TPSA) is 34.0 Å². The van der Waals surface area contributed by atoms with Crippen LogP contribution in [0.25, 0.3) is 0 Å². The molecule has 0 unspecified atom stereocenters. The lowest BCUT2D eigenvalue weighted by Crippen LogP contribution is -1.66. The van der Waals surface area contributed by atoms with Crippen molar-refractivity contribution in [2.24, 2.45) is 9.53 Å².